The molecule has 0 aromatic heterocycles. The van der Waals surface area contributed by atoms with E-state index in [9.17, 15) is 29.4 Å². The number of ether oxygens (including phenoxy) is 2. The molecule has 0 heterocycles. The lowest BCUT2D eigenvalue weighted by Gasteiger charge is -2.31. The number of carbonyl (C=O) groups is 4. The molecule has 0 fully saturated rings. The number of aliphatic hydroxyl groups excluding tert-OH is 1. The van der Waals surface area contributed by atoms with Gasteiger partial charge in [0, 0.05) is 13.1 Å². The fraction of sp³-hybridized carbons (Fsp3) is 0.545. The maximum absolute atomic E-state index is 13.0. The monoisotopic (exact) mass is 467 g/mol. The maximum Gasteiger partial charge on any atom is 0.408 e. The third kappa shape index (κ3) is 10.2. The largest absolute Gasteiger partial charge is 0.508 e. The lowest BCUT2D eigenvalue weighted by molar-refractivity contribution is -0.143. The van der Waals surface area contributed by atoms with E-state index in [4.69, 9.17) is 9.47 Å². The quantitative estimate of drug-likeness (QED) is 0.349. The van der Waals surface area contributed by atoms with E-state index in [1.54, 1.807) is 27.7 Å². The third-order valence-corrected chi connectivity index (χ3v) is 4.15. The molecule has 11 nitrogen and oxygen atoms in total. The molecule has 1 unspecified atom stereocenters. The molecule has 11 heteroatoms. The van der Waals surface area contributed by atoms with Gasteiger partial charge in [0.05, 0.1) is 19.6 Å². The second-order valence-electron chi connectivity index (χ2n) is 8.01. The van der Waals surface area contributed by atoms with E-state index in [0.29, 0.717) is 5.56 Å². The lowest BCUT2D eigenvalue weighted by Crippen LogP contribution is -2.49. The van der Waals surface area contributed by atoms with Crippen LogP contribution in [-0.2, 0) is 23.9 Å². The number of esters is 1. The molecule has 33 heavy (non-hydrogen) atoms. The van der Waals surface area contributed by atoms with Crippen molar-refractivity contribution in [1.29, 1.82) is 0 Å². The standard InChI is InChI=1S/C22H33N3O8/c1-5-32-18(29)10-11-23-20(30)19(15-6-8-16(27)9-7-15)25(12-13-26)17(28)14-24-21(31)33-22(2,3)4/h6-9,19,26-27H,5,10-14H2,1-4H3,(H,23,30)(H,24,31). The van der Waals surface area contributed by atoms with Gasteiger partial charge in [0.1, 0.15) is 23.9 Å². The molecule has 0 spiro atoms. The molecule has 184 valence electrons. The summed E-state index contributed by atoms with van der Waals surface area (Å²) in [5.41, 5.74) is -0.397. The summed E-state index contributed by atoms with van der Waals surface area (Å²) in [6, 6.07) is 4.45. The Labute approximate surface area is 193 Å². The molecule has 0 bridgehead atoms. The minimum Gasteiger partial charge on any atom is -0.508 e. The first-order chi connectivity index (χ1) is 15.5. The number of alkyl carbamates (subject to hydrolysis) is 1. The van der Waals surface area contributed by atoms with Gasteiger partial charge in [0.25, 0.3) is 0 Å². The van der Waals surface area contributed by atoms with Crippen LogP contribution in [0.5, 0.6) is 5.75 Å². The number of hydrogen-bond acceptors (Lipinski definition) is 8. The Kier molecular flexibility index (Phi) is 11.1. The van der Waals surface area contributed by atoms with Crippen molar-refractivity contribution in [2.75, 3.05) is 32.8 Å². The zero-order valence-corrected chi connectivity index (χ0v) is 19.4. The van der Waals surface area contributed by atoms with E-state index in [2.05, 4.69) is 10.6 Å². The number of aromatic hydroxyl groups is 1. The Morgan fingerprint density at radius 3 is 2.27 bits per heavy atom. The number of phenols is 1. The molecular weight excluding hydrogens is 434 g/mol. The van der Waals surface area contributed by atoms with Gasteiger partial charge in [-0.15, -0.1) is 0 Å². The number of nitrogens with zero attached hydrogens (tertiary/aromatic N) is 1. The second kappa shape index (κ2) is 13.3. The van der Waals surface area contributed by atoms with Crippen molar-refractivity contribution in [3.05, 3.63) is 29.8 Å². The number of amides is 3. The summed E-state index contributed by atoms with van der Waals surface area (Å²) in [4.78, 5) is 50.5. The number of aliphatic hydroxyl groups is 1. The van der Waals surface area contributed by atoms with Crippen LogP contribution in [0, 0.1) is 0 Å². The first kappa shape index (κ1) is 27.7. The predicted molar refractivity (Wildman–Crippen MR) is 118 cm³/mol. The Balaban J connectivity index is 3.03. The molecule has 1 atom stereocenters. The Bertz CT molecular complexity index is 805. The normalized spacial score (nSPS) is 11.8. The fourth-order valence-electron chi connectivity index (χ4n) is 2.82. The zero-order chi connectivity index (χ0) is 25.0. The van der Waals surface area contributed by atoms with Crippen LogP contribution in [0.3, 0.4) is 0 Å². The van der Waals surface area contributed by atoms with Gasteiger partial charge in [-0.3, -0.25) is 14.4 Å². The van der Waals surface area contributed by atoms with E-state index >= 15 is 0 Å². The Morgan fingerprint density at radius 2 is 1.73 bits per heavy atom. The first-order valence-electron chi connectivity index (χ1n) is 10.6. The average Bonchev–Trinajstić information content (AvgIpc) is 2.72. The second-order valence-corrected chi connectivity index (χ2v) is 8.01. The lowest BCUT2D eigenvalue weighted by atomic mass is 10.0. The van der Waals surface area contributed by atoms with Crippen LogP contribution in [0.1, 0.15) is 45.7 Å². The highest BCUT2D eigenvalue weighted by Gasteiger charge is 2.31. The molecule has 0 aliphatic heterocycles. The van der Waals surface area contributed by atoms with Crippen LogP contribution in [0.15, 0.2) is 24.3 Å². The molecule has 1 aromatic rings. The number of benzene rings is 1. The highest BCUT2D eigenvalue weighted by molar-refractivity contribution is 5.90. The van der Waals surface area contributed by atoms with Gasteiger partial charge in [0.2, 0.25) is 11.8 Å². The molecular formula is C22H33N3O8. The summed E-state index contributed by atoms with van der Waals surface area (Å²) >= 11 is 0. The molecule has 4 N–H and O–H groups in total. The smallest absolute Gasteiger partial charge is 0.408 e. The van der Waals surface area contributed by atoms with Crippen LogP contribution >= 0.6 is 0 Å². The average molecular weight is 468 g/mol. The number of hydrogen-bond donors (Lipinski definition) is 4. The van der Waals surface area contributed by atoms with E-state index in [1.165, 1.54) is 24.3 Å². The zero-order valence-electron chi connectivity index (χ0n) is 19.4. The minimum atomic E-state index is -1.19. The van der Waals surface area contributed by atoms with E-state index in [0.717, 1.165) is 4.90 Å². The maximum atomic E-state index is 13.0. The topological polar surface area (TPSA) is 154 Å². The molecule has 1 rings (SSSR count). The molecule has 0 saturated heterocycles. The Hall–Kier alpha value is -3.34. The van der Waals surface area contributed by atoms with Crippen molar-refractivity contribution in [1.82, 2.24) is 15.5 Å². The third-order valence-electron chi connectivity index (χ3n) is 4.15. The minimum absolute atomic E-state index is 0.0242. The van der Waals surface area contributed by atoms with Crippen molar-refractivity contribution < 1.29 is 38.9 Å². The van der Waals surface area contributed by atoms with Gasteiger partial charge >= 0.3 is 12.1 Å². The summed E-state index contributed by atoms with van der Waals surface area (Å²) < 4.78 is 9.94. The highest BCUT2D eigenvalue weighted by atomic mass is 16.6. The Morgan fingerprint density at radius 1 is 1.09 bits per heavy atom. The fourth-order valence-corrected chi connectivity index (χ4v) is 2.82. The van der Waals surface area contributed by atoms with Crippen molar-refractivity contribution in [2.45, 2.75) is 45.8 Å². The summed E-state index contributed by atoms with van der Waals surface area (Å²) in [5, 5.41) is 24.0. The molecule has 1 aromatic carbocycles. The summed E-state index contributed by atoms with van der Waals surface area (Å²) in [6.45, 7) is 5.76. The van der Waals surface area contributed by atoms with E-state index < -0.39 is 48.7 Å². The van der Waals surface area contributed by atoms with Gasteiger partial charge in [-0.25, -0.2) is 4.79 Å². The van der Waals surface area contributed by atoms with Crippen molar-refractivity contribution >= 4 is 23.9 Å². The molecule has 0 aliphatic rings. The summed E-state index contributed by atoms with van der Waals surface area (Å²) in [5.74, 6) is -1.77. The summed E-state index contributed by atoms with van der Waals surface area (Å²) in [6.07, 6.45) is -0.865. The molecule has 0 aliphatic carbocycles. The van der Waals surface area contributed by atoms with Crippen LogP contribution in [-0.4, -0.2) is 77.4 Å². The van der Waals surface area contributed by atoms with E-state index in [1.807, 2.05) is 0 Å². The van der Waals surface area contributed by atoms with Crippen LogP contribution in [0.4, 0.5) is 4.79 Å². The number of carbonyl (C=O) groups excluding carboxylic acids is 4. The van der Waals surface area contributed by atoms with Gasteiger partial charge in [-0.05, 0) is 45.4 Å². The van der Waals surface area contributed by atoms with Gasteiger partial charge in [-0.2, -0.15) is 0 Å². The van der Waals surface area contributed by atoms with Gasteiger partial charge in [0.15, 0.2) is 0 Å². The number of phenolic OH excluding ortho intramolecular Hbond substituents is 1. The van der Waals surface area contributed by atoms with Crippen LogP contribution < -0.4 is 10.6 Å². The van der Waals surface area contributed by atoms with E-state index in [-0.39, 0.29) is 31.9 Å². The van der Waals surface area contributed by atoms with Crippen molar-refractivity contribution in [3.8, 4) is 5.75 Å². The van der Waals surface area contributed by atoms with Crippen molar-refractivity contribution in [3.63, 3.8) is 0 Å². The first-order valence-corrected chi connectivity index (χ1v) is 10.6. The van der Waals surface area contributed by atoms with Crippen LogP contribution in [0.2, 0.25) is 0 Å². The molecule has 3 amide bonds. The SMILES string of the molecule is CCOC(=O)CCNC(=O)C(c1ccc(O)cc1)N(CCO)C(=O)CNC(=O)OC(C)(C)C. The predicted octanol–water partition coefficient (Wildman–Crippen LogP) is 0.848. The molecule has 0 saturated carbocycles. The number of rotatable bonds is 11. The van der Waals surface area contributed by atoms with Gasteiger partial charge in [-0.1, -0.05) is 12.1 Å². The summed E-state index contributed by atoms with van der Waals surface area (Å²) in [7, 11) is 0. The van der Waals surface area contributed by atoms with Gasteiger partial charge < -0.3 is 35.2 Å². The highest BCUT2D eigenvalue weighted by Crippen LogP contribution is 2.23. The molecule has 0 radical (unpaired) electrons. The van der Waals surface area contributed by atoms with Crippen molar-refractivity contribution in [2.24, 2.45) is 0 Å². The van der Waals surface area contributed by atoms with Crippen LogP contribution in [0.25, 0.3) is 0 Å². The number of nitrogens with one attached hydrogen (secondary N) is 2.